The molecule has 1 saturated heterocycles. The fourth-order valence-electron chi connectivity index (χ4n) is 3.39. The van der Waals surface area contributed by atoms with Gasteiger partial charge >= 0.3 is 18.1 Å². The number of fused-ring (bicyclic) bond motifs is 2. The molecule has 0 bridgehead atoms. The van der Waals surface area contributed by atoms with Gasteiger partial charge in [-0.15, -0.1) is 11.8 Å². The summed E-state index contributed by atoms with van der Waals surface area (Å²) < 4.78 is 31.7. The largest absolute Gasteiger partial charge is 0.490 e. The van der Waals surface area contributed by atoms with Crippen LogP contribution in [0.25, 0.3) is 10.9 Å². The van der Waals surface area contributed by atoms with Crippen LogP contribution in [0.3, 0.4) is 0 Å². The number of hydrogen-bond donors (Lipinski definition) is 5. The number of hydrogen-bond acceptors (Lipinski definition) is 6. The minimum absolute atomic E-state index is 0.0175. The zero-order chi connectivity index (χ0) is 25.2. The second-order valence-electron chi connectivity index (χ2n) is 7.29. The third-order valence-electron chi connectivity index (χ3n) is 4.95. The van der Waals surface area contributed by atoms with E-state index in [9.17, 15) is 32.7 Å². The van der Waals surface area contributed by atoms with Crippen LogP contribution in [-0.2, 0) is 19.2 Å². The zero-order valence-corrected chi connectivity index (χ0v) is 18.3. The minimum Gasteiger partial charge on any atom is -0.477 e. The monoisotopic (exact) mass is 500 g/mol. The molecular weight excluding hydrogens is 481 g/mol. The van der Waals surface area contributed by atoms with Gasteiger partial charge in [0.15, 0.2) is 0 Å². The molecule has 2 aromatic rings. The highest BCUT2D eigenvalue weighted by Gasteiger charge is 2.53. The molecule has 0 aliphatic carbocycles. The van der Waals surface area contributed by atoms with Crippen molar-refractivity contribution in [3.63, 3.8) is 0 Å². The topological polar surface area (TPSA) is 152 Å². The van der Waals surface area contributed by atoms with Gasteiger partial charge in [0.05, 0.1) is 12.2 Å². The lowest BCUT2D eigenvalue weighted by atomic mass is 10.0. The second-order valence-corrected chi connectivity index (χ2v) is 8.40. The van der Waals surface area contributed by atoms with Crippen molar-refractivity contribution < 1.29 is 42.6 Å². The van der Waals surface area contributed by atoms with E-state index in [1.165, 1.54) is 16.7 Å². The lowest BCUT2D eigenvalue weighted by molar-refractivity contribution is -0.192. The normalized spacial score (nSPS) is 19.5. The van der Waals surface area contributed by atoms with Crippen molar-refractivity contribution >= 4 is 52.1 Å². The maximum Gasteiger partial charge on any atom is 0.490 e. The van der Waals surface area contributed by atoms with Crippen LogP contribution < -0.4 is 10.6 Å². The number of thioether (sulfide) groups is 1. The van der Waals surface area contributed by atoms with E-state index in [1.54, 1.807) is 13.1 Å². The summed E-state index contributed by atoms with van der Waals surface area (Å²) in [6.45, 7) is 1.72. The van der Waals surface area contributed by atoms with Gasteiger partial charge in [0.2, 0.25) is 5.91 Å². The third-order valence-corrected chi connectivity index (χ3v) is 6.37. The number of anilines is 1. The van der Waals surface area contributed by atoms with Gasteiger partial charge < -0.3 is 25.8 Å². The molecule has 0 radical (unpaired) electrons. The Morgan fingerprint density at radius 2 is 1.88 bits per heavy atom. The Bertz CT molecular complexity index is 1180. The molecule has 0 spiro atoms. The van der Waals surface area contributed by atoms with Crippen LogP contribution in [0.1, 0.15) is 6.92 Å². The smallest absolute Gasteiger partial charge is 0.477 e. The van der Waals surface area contributed by atoms with Crippen LogP contribution in [0.15, 0.2) is 41.7 Å². The zero-order valence-electron chi connectivity index (χ0n) is 17.5. The summed E-state index contributed by atoms with van der Waals surface area (Å²) >= 11 is 1.46. The molecule has 2 aliphatic heterocycles. The fraction of sp³-hybridized carbons (Fsp3) is 0.300. The maximum atomic E-state index is 12.4. The molecule has 0 saturated carbocycles. The molecule has 1 unspecified atom stereocenters. The van der Waals surface area contributed by atoms with Gasteiger partial charge in [-0.1, -0.05) is 18.2 Å². The Labute approximate surface area is 194 Å². The molecule has 34 heavy (non-hydrogen) atoms. The van der Waals surface area contributed by atoms with Crippen molar-refractivity contribution in [3.05, 3.63) is 41.7 Å². The molecule has 2 amide bonds. The molecule has 182 valence electrons. The lowest BCUT2D eigenvalue weighted by Gasteiger charge is -2.49. The number of aliphatic carboxylic acids is 2. The number of nitrogens with zero attached hydrogens (tertiary/aromatic N) is 1. The van der Waals surface area contributed by atoms with Crippen molar-refractivity contribution in [2.45, 2.75) is 24.5 Å². The number of carbonyl (C=O) groups excluding carboxylic acids is 2. The van der Waals surface area contributed by atoms with Gasteiger partial charge in [-0.05, 0) is 18.6 Å². The quantitative estimate of drug-likeness (QED) is 0.391. The van der Waals surface area contributed by atoms with Crippen molar-refractivity contribution in [3.8, 4) is 0 Å². The number of amides is 2. The molecule has 2 aliphatic rings. The number of aromatic amines is 1. The van der Waals surface area contributed by atoms with E-state index in [-0.39, 0.29) is 29.4 Å². The van der Waals surface area contributed by atoms with Gasteiger partial charge in [-0.3, -0.25) is 14.5 Å². The first-order valence-electron chi connectivity index (χ1n) is 9.69. The summed E-state index contributed by atoms with van der Waals surface area (Å²) in [5.74, 6) is -4.05. The van der Waals surface area contributed by atoms with E-state index in [4.69, 9.17) is 9.90 Å². The number of halogens is 3. The van der Waals surface area contributed by atoms with Crippen LogP contribution in [0.5, 0.6) is 0 Å². The fourth-order valence-corrected chi connectivity index (χ4v) is 4.69. The molecule has 1 aromatic heterocycles. The first-order chi connectivity index (χ1) is 15.9. The predicted octanol–water partition coefficient (Wildman–Crippen LogP) is 1.97. The van der Waals surface area contributed by atoms with Gasteiger partial charge in [0.1, 0.15) is 17.1 Å². The SMILES string of the molecule is CC1=C(C(=O)O)N2C(=O)C(NC(=O)CNc3c[nH]c4ccccc34)[C@@H]2SC1.O=C(O)C(F)(F)F. The average Bonchev–Trinajstić information content (AvgIpc) is 3.18. The van der Waals surface area contributed by atoms with Gasteiger partial charge in [-0.25, -0.2) is 9.59 Å². The Morgan fingerprint density at radius 1 is 1.24 bits per heavy atom. The number of benzene rings is 1. The van der Waals surface area contributed by atoms with Crippen LogP contribution >= 0.6 is 11.8 Å². The number of para-hydroxylation sites is 1. The summed E-state index contributed by atoms with van der Waals surface area (Å²) in [5.41, 5.74) is 2.46. The Morgan fingerprint density at radius 3 is 2.50 bits per heavy atom. The lowest BCUT2D eigenvalue weighted by Crippen LogP contribution is -2.70. The number of rotatable bonds is 5. The summed E-state index contributed by atoms with van der Waals surface area (Å²) in [5, 5.41) is 22.8. The highest BCUT2D eigenvalue weighted by molar-refractivity contribution is 8.00. The number of carboxylic acid groups (broad SMARTS) is 2. The van der Waals surface area contributed by atoms with Crippen molar-refractivity contribution in [1.82, 2.24) is 15.2 Å². The highest BCUT2D eigenvalue weighted by atomic mass is 32.2. The van der Waals surface area contributed by atoms with E-state index < -0.39 is 24.2 Å². The predicted molar refractivity (Wildman–Crippen MR) is 116 cm³/mol. The van der Waals surface area contributed by atoms with Crippen LogP contribution in [-0.4, -0.2) is 73.7 Å². The molecule has 5 N–H and O–H groups in total. The third kappa shape index (κ3) is 5.11. The summed E-state index contributed by atoms with van der Waals surface area (Å²) in [7, 11) is 0. The number of carboxylic acids is 2. The van der Waals surface area contributed by atoms with Crippen LogP contribution in [0.2, 0.25) is 0 Å². The Hall–Kier alpha value is -3.68. The number of alkyl halides is 3. The summed E-state index contributed by atoms with van der Waals surface area (Å²) in [6.07, 6.45) is -3.29. The molecule has 2 atom stereocenters. The van der Waals surface area contributed by atoms with E-state index in [0.717, 1.165) is 16.6 Å². The first-order valence-corrected chi connectivity index (χ1v) is 10.7. The summed E-state index contributed by atoms with van der Waals surface area (Å²) in [6, 6.07) is 7.03. The van der Waals surface area contributed by atoms with Gasteiger partial charge in [-0.2, -0.15) is 13.2 Å². The van der Waals surface area contributed by atoms with E-state index >= 15 is 0 Å². The molecule has 1 fully saturated rings. The Kier molecular flexibility index (Phi) is 7.09. The van der Waals surface area contributed by atoms with Crippen molar-refractivity contribution in [2.75, 3.05) is 17.6 Å². The second kappa shape index (κ2) is 9.67. The van der Waals surface area contributed by atoms with Gasteiger partial charge in [0.25, 0.3) is 5.91 Å². The number of carbonyl (C=O) groups is 4. The van der Waals surface area contributed by atoms with E-state index in [2.05, 4.69) is 15.6 Å². The van der Waals surface area contributed by atoms with E-state index in [0.29, 0.717) is 11.3 Å². The standard InChI is InChI=1S/C18H18N4O4S.C2HF3O2/c1-9-8-27-17-14(16(24)22(17)15(9)18(25)26)21-13(23)7-20-12-6-19-11-5-3-2-4-10(11)12;3-2(4,5)1(6)7/h2-6,14,17,19-20H,7-8H2,1H3,(H,21,23)(H,25,26);(H,6,7)/t14?,17-;/m0./s1. The van der Waals surface area contributed by atoms with Gasteiger partial charge in [0, 0.05) is 22.9 Å². The highest BCUT2D eigenvalue weighted by Crippen LogP contribution is 2.40. The molecule has 14 heteroatoms. The van der Waals surface area contributed by atoms with E-state index in [1.807, 2.05) is 24.3 Å². The first kappa shape index (κ1) is 25.0. The van der Waals surface area contributed by atoms with Crippen LogP contribution in [0.4, 0.5) is 18.9 Å². The van der Waals surface area contributed by atoms with Crippen LogP contribution in [0, 0.1) is 0 Å². The average molecular weight is 500 g/mol. The number of nitrogens with one attached hydrogen (secondary N) is 3. The molecule has 4 rings (SSSR count). The minimum atomic E-state index is -5.08. The summed E-state index contributed by atoms with van der Waals surface area (Å²) in [4.78, 5) is 49.4. The molecular formula is C20H19F3N4O6S. The number of H-pyrrole nitrogens is 1. The molecule has 3 heterocycles. The molecule has 1 aromatic carbocycles. The number of β-lactam (4-membered cyclic amide) rings is 1. The maximum absolute atomic E-state index is 12.4. The van der Waals surface area contributed by atoms with Crippen molar-refractivity contribution in [1.29, 1.82) is 0 Å². The number of aromatic nitrogens is 1. The Balaban J connectivity index is 0.000000406. The molecule has 10 nitrogen and oxygen atoms in total. The van der Waals surface area contributed by atoms with Crippen molar-refractivity contribution in [2.24, 2.45) is 0 Å².